The molecule has 0 saturated carbocycles. The van der Waals surface area contributed by atoms with Gasteiger partial charge in [0, 0.05) is 39.6 Å². The van der Waals surface area contributed by atoms with E-state index in [1.54, 1.807) is 7.05 Å². The molecule has 0 aromatic rings. The molecule has 122 valence electrons. The molecule has 1 rings (SSSR count). The maximum Gasteiger partial charge on any atom is 0.233 e. The van der Waals surface area contributed by atoms with Crippen molar-refractivity contribution >= 4 is 11.8 Å². The highest BCUT2D eigenvalue weighted by Crippen LogP contribution is 2.10. The molecule has 1 aliphatic rings. The van der Waals surface area contributed by atoms with Crippen LogP contribution in [-0.4, -0.2) is 61.4 Å². The van der Waals surface area contributed by atoms with Crippen LogP contribution in [0.25, 0.3) is 0 Å². The average molecular weight is 297 g/mol. The zero-order valence-electron chi connectivity index (χ0n) is 13.7. The predicted molar refractivity (Wildman–Crippen MR) is 85.1 cm³/mol. The first-order valence-corrected chi connectivity index (χ1v) is 8.38. The van der Waals surface area contributed by atoms with Gasteiger partial charge in [-0.3, -0.25) is 14.5 Å². The van der Waals surface area contributed by atoms with E-state index in [9.17, 15) is 9.59 Å². The number of nitrogens with one attached hydrogen (secondary N) is 1. The van der Waals surface area contributed by atoms with Gasteiger partial charge in [0.15, 0.2) is 0 Å². The quantitative estimate of drug-likeness (QED) is 0.658. The first-order chi connectivity index (χ1) is 10.2. The fourth-order valence-corrected chi connectivity index (χ4v) is 2.65. The van der Waals surface area contributed by atoms with Gasteiger partial charge in [0.1, 0.15) is 0 Å². The number of unbranched alkanes of at least 4 members (excludes halogenated alkanes) is 5. The fourth-order valence-electron chi connectivity index (χ4n) is 2.65. The lowest BCUT2D eigenvalue weighted by Gasteiger charge is -2.34. The minimum atomic E-state index is 0.0434. The zero-order chi connectivity index (χ0) is 15.5. The van der Waals surface area contributed by atoms with E-state index in [4.69, 9.17) is 0 Å². The molecule has 0 bridgehead atoms. The molecule has 1 N–H and O–H groups in total. The molecule has 21 heavy (non-hydrogen) atoms. The highest BCUT2D eigenvalue weighted by Gasteiger charge is 2.21. The largest absolute Gasteiger partial charge is 0.358 e. The van der Waals surface area contributed by atoms with Gasteiger partial charge in [-0.05, 0) is 6.42 Å². The number of piperazine rings is 1. The third kappa shape index (κ3) is 7.46. The monoisotopic (exact) mass is 297 g/mol. The summed E-state index contributed by atoms with van der Waals surface area (Å²) < 4.78 is 0. The Bertz CT molecular complexity index is 313. The van der Waals surface area contributed by atoms with Crippen LogP contribution in [0.3, 0.4) is 0 Å². The molecule has 0 spiro atoms. The van der Waals surface area contributed by atoms with E-state index in [1.807, 2.05) is 4.90 Å². The normalized spacial score (nSPS) is 16.0. The first-order valence-electron chi connectivity index (χ1n) is 8.38. The molecule has 1 aliphatic heterocycles. The standard InChI is InChI=1S/C16H31N3O2/c1-3-4-5-6-7-8-9-16(21)19-12-10-18(11-13-19)14-15(20)17-2/h3-14H2,1-2H3,(H,17,20). The lowest BCUT2D eigenvalue weighted by atomic mass is 10.1. The van der Waals surface area contributed by atoms with Crippen molar-refractivity contribution in [3.05, 3.63) is 0 Å². The predicted octanol–water partition coefficient (Wildman–Crippen LogP) is 1.63. The number of nitrogens with zero attached hydrogens (tertiary/aromatic N) is 2. The summed E-state index contributed by atoms with van der Waals surface area (Å²) in [5.74, 6) is 0.326. The third-order valence-electron chi connectivity index (χ3n) is 4.12. The van der Waals surface area contributed by atoms with E-state index in [0.717, 1.165) is 32.6 Å². The molecule has 5 heteroatoms. The van der Waals surface area contributed by atoms with E-state index in [2.05, 4.69) is 17.1 Å². The fraction of sp³-hybridized carbons (Fsp3) is 0.875. The van der Waals surface area contributed by atoms with Crippen molar-refractivity contribution in [2.45, 2.75) is 51.9 Å². The van der Waals surface area contributed by atoms with Crippen LogP contribution < -0.4 is 5.32 Å². The van der Waals surface area contributed by atoms with Crippen LogP contribution in [0.1, 0.15) is 51.9 Å². The molecule has 0 unspecified atom stereocenters. The minimum absolute atomic E-state index is 0.0434. The molecular weight excluding hydrogens is 266 g/mol. The van der Waals surface area contributed by atoms with E-state index >= 15 is 0 Å². The van der Waals surface area contributed by atoms with Crippen LogP contribution >= 0.6 is 0 Å². The van der Waals surface area contributed by atoms with E-state index in [-0.39, 0.29) is 11.8 Å². The van der Waals surface area contributed by atoms with Gasteiger partial charge in [0.25, 0.3) is 0 Å². The Morgan fingerprint density at radius 2 is 1.57 bits per heavy atom. The van der Waals surface area contributed by atoms with Crippen LogP contribution in [0.5, 0.6) is 0 Å². The molecule has 0 aromatic carbocycles. The van der Waals surface area contributed by atoms with Gasteiger partial charge in [-0.2, -0.15) is 0 Å². The number of carbonyl (C=O) groups is 2. The van der Waals surface area contributed by atoms with Gasteiger partial charge in [0.2, 0.25) is 11.8 Å². The topological polar surface area (TPSA) is 52.7 Å². The molecular formula is C16H31N3O2. The maximum absolute atomic E-state index is 12.1. The van der Waals surface area contributed by atoms with Crippen molar-refractivity contribution in [2.75, 3.05) is 39.8 Å². The van der Waals surface area contributed by atoms with Crippen LogP contribution in [0, 0.1) is 0 Å². The number of amides is 2. The molecule has 1 fully saturated rings. The summed E-state index contributed by atoms with van der Waals surface area (Å²) in [5, 5.41) is 2.63. The van der Waals surface area contributed by atoms with Crippen LogP contribution in [0.15, 0.2) is 0 Å². The molecule has 1 saturated heterocycles. The van der Waals surface area contributed by atoms with Crippen molar-refractivity contribution < 1.29 is 9.59 Å². The van der Waals surface area contributed by atoms with E-state index in [1.165, 1.54) is 32.1 Å². The Hall–Kier alpha value is -1.10. The number of carbonyl (C=O) groups excluding carboxylic acids is 2. The summed E-state index contributed by atoms with van der Waals surface area (Å²) in [4.78, 5) is 27.5. The lowest BCUT2D eigenvalue weighted by molar-refractivity contribution is -0.133. The SMILES string of the molecule is CCCCCCCCC(=O)N1CCN(CC(=O)NC)CC1. The van der Waals surface area contributed by atoms with E-state index in [0.29, 0.717) is 13.0 Å². The number of hydrogen-bond donors (Lipinski definition) is 1. The number of hydrogen-bond acceptors (Lipinski definition) is 3. The second-order valence-electron chi connectivity index (χ2n) is 5.85. The molecule has 0 atom stereocenters. The highest BCUT2D eigenvalue weighted by atomic mass is 16.2. The number of rotatable bonds is 9. The maximum atomic E-state index is 12.1. The van der Waals surface area contributed by atoms with Crippen LogP contribution in [-0.2, 0) is 9.59 Å². The van der Waals surface area contributed by atoms with Crippen molar-refractivity contribution in [3.63, 3.8) is 0 Å². The Morgan fingerprint density at radius 3 is 2.19 bits per heavy atom. The van der Waals surface area contributed by atoms with Gasteiger partial charge >= 0.3 is 0 Å². The summed E-state index contributed by atoms with van der Waals surface area (Å²) in [6.45, 7) is 5.77. The Balaban J connectivity index is 2.10. The third-order valence-corrected chi connectivity index (χ3v) is 4.12. The van der Waals surface area contributed by atoms with Gasteiger partial charge < -0.3 is 10.2 Å². The Kier molecular flexibility index (Phi) is 9.06. The summed E-state index contributed by atoms with van der Waals surface area (Å²) in [7, 11) is 1.66. The van der Waals surface area contributed by atoms with Crippen molar-refractivity contribution in [1.82, 2.24) is 15.1 Å². The van der Waals surface area contributed by atoms with Crippen molar-refractivity contribution in [1.29, 1.82) is 0 Å². The summed E-state index contributed by atoms with van der Waals surface area (Å²) >= 11 is 0. The second kappa shape index (κ2) is 10.6. The summed E-state index contributed by atoms with van der Waals surface area (Å²) in [6.07, 6.45) is 7.98. The average Bonchev–Trinajstić information content (AvgIpc) is 2.51. The van der Waals surface area contributed by atoms with E-state index < -0.39 is 0 Å². The molecule has 2 amide bonds. The lowest BCUT2D eigenvalue weighted by Crippen LogP contribution is -2.50. The van der Waals surface area contributed by atoms with Crippen LogP contribution in [0.2, 0.25) is 0 Å². The first kappa shape index (κ1) is 18.0. The van der Waals surface area contributed by atoms with Crippen molar-refractivity contribution in [3.8, 4) is 0 Å². The Morgan fingerprint density at radius 1 is 0.952 bits per heavy atom. The smallest absolute Gasteiger partial charge is 0.233 e. The zero-order valence-corrected chi connectivity index (χ0v) is 13.7. The van der Waals surface area contributed by atoms with Crippen molar-refractivity contribution in [2.24, 2.45) is 0 Å². The summed E-state index contributed by atoms with van der Waals surface area (Å²) in [5.41, 5.74) is 0. The molecule has 0 aliphatic carbocycles. The van der Waals surface area contributed by atoms with Gasteiger partial charge in [-0.15, -0.1) is 0 Å². The van der Waals surface area contributed by atoms with Gasteiger partial charge in [0.05, 0.1) is 6.54 Å². The van der Waals surface area contributed by atoms with Gasteiger partial charge in [-0.1, -0.05) is 39.0 Å². The highest BCUT2D eigenvalue weighted by molar-refractivity contribution is 5.78. The molecule has 5 nitrogen and oxygen atoms in total. The second-order valence-corrected chi connectivity index (χ2v) is 5.85. The minimum Gasteiger partial charge on any atom is -0.358 e. The molecule has 0 radical (unpaired) electrons. The number of likely N-dealkylation sites (N-methyl/N-ethyl adjacent to an activating group) is 1. The summed E-state index contributed by atoms with van der Waals surface area (Å²) in [6, 6.07) is 0. The van der Waals surface area contributed by atoms with Crippen LogP contribution in [0.4, 0.5) is 0 Å². The van der Waals surface area contributed by atoms with Gasteiger partial charge in [-0.25, -0.2) is 0 Å². The molecule has 1 heterocycles. The molecule has 0 aromatic heterocycles. The Labute approximate surface area is 129 Å².